The van der Waals surface area contributed by atoms with E-state index in [4.69, 9.17) is 0 Å². The summed E-state index contributed by atoms with van der Waals surface area (Å²) in [5.74, 6) is 0.0515. The van der Waals surface area contributed by atoms with Crippen LogP contribution in [0.5, 0.6) is 0 Å². The molecule has 0 aliphatic rings. The van der Waals surface area contributed by atoms with Crippen LogP contribution in [0.1, 0.15) is 33.6 Å². The number of aromatic nitrogens is 2. The van der Waals surface area contributed by atoms with E-state index in [2.05, 4.69) is 29.5 Å². The van der Waals surface area contributed by atoms with E-state index >= 15 is 0 Å². The fourth-order valence-electron chi connectivity index (χ4n) is 2.19. The van der Waals surface area contributed by atoms with Gasteiger partial charge in [0.05, 0.1) is 18.7 Å². The number of thiophene rings is 1. The van der Waals surface area contributed by atoms with Crippen molar-refractivity contribution in [2.24, 2.45) is 7.05 Å². The number of hydrogen-bond acceptors (Lipinski definition) is 3. The molecule has 0 aliphatic heterocycles. The van der Waals surface area contributed by atoms with E-state index in [-0.39, 0.29) is 5.91 Å². The predicted octanol–water partition coefficient (Wildman–Crippen LogP) is 2.52. The molecule has 1 N–H and O–H groups in total. The van der Waals surface area contributed by atoms with E-state index in [0.29, 0.717) is 13.0 Å². The zero-order valence-electron chi connectivity index (χ0n) is 12.5. The van der Waals surface area contributed by atoms with Crippen molar-refractivity contribution in [1.29, 1.82) is 0 Å². The van der Waals surface area contributed by atoms with Gasteiger partial charge in [-0.2, -0.15) is 5.10 Å². The van der Waals surface area contributed by atoms with Crippen molar-refractivity contribution in [3.63, 3.8) is 0 Å². The minimum atomic E-state index is 0.0515. The van der Waals surface area contributed by atoms with Gasteiger partial charge in [-0.3, -0.25) is 9.48 Å². The lowest BCUT2D eigenvalue weighted by Gasteiger charge is -2.04. The molecule has 4 nitrogen and oxygen atoms in total. The van der Waals surface area contributed by atoms with Gasteiger partial charge in [-0.25, -0.2) is 0 Å². The quantitative estimate of drug-likeness (QED) is 0.920. The second kappa shape index (κ2) is 6.22. The smallest absolute Gasteiger partial charge is 0.224 e. The highest BCUT2D eigenvalue weighted by Gasteiger charge is 2.13. The van der Waals surface area contributed by atoms with Crippen molar-refractivity contribution in [3.05, 3.63) is 38.8 Å². The Hall–Kier alpha value is -1.62. The van der Waals surface area contributed by atoms with Crippen molar-refractivity contribution in [3.8, 4) is 0 Å². The van der Waals surface area contributed by atoms with Gasteiger partial charge >= 0.3 is 0 Å². The molecule has 2 rings (SSSR count). The second-order valence-corrected chi connectivity index (χ2v) is 6.20. The summed E-state index contributed by atoms with van der Waals surface area (Å²) in [7, 11) is 1.90. The molecule has 0 radical (unpaired) electrons. The van der Waals surface area contributed by atoms with Crippen LogP contribution < -0.4 is 5.32 Å². The third kappa shape index (κ3) is 3.28. The summed E-state index contributed by atoms with van der Waals surface area (Å²) in [5, 5.41) is 7.32. The van der Waals surface area contributed by atoms with Crippen LogP contribution >= 0.6 is 11.3 Å². The van der Waals surface area contributed by atoms with Gasteiger partial charge in [0.1, 0.15) is 0 Å². The van der Waals surface area contributed by atoms with Crippen LogP contribution in [-0.2, 0) is 31.2 Å². The van der Waals surface area contributed by atoms with E-state index < -0.39 is 0 Å². The normalized spacial score (nSPS) is 10.8. The highest BCUT2D eigenvalue weighted by Crippen LogP contribution is 2.17. The molecule has 2 heterocycles. The topological polar surface area (TPSA) is 46.9 Å². The van der Waals surface area contributed by atoms with E-state index in [1.54, 1.807) is 11.3 Å². The first kappa shape index (κ1) is 14.8. The monoisotopic (exact) mass is 291 g/mol. The molecule has 0 saturated heterocycles. The molecule has 0 spiro atoms. The molecule has 0 saturated carbocycles. The van der Waals surface area contributed by atoms with Gasteiger partial charge in [0.2, 0.25) is 5.91 Å². The molecule has 0 bridgehead atoms. The van der Waals surface area contributed by atoms with Crippen LogP contribution in [0.15, 0.2) is 12.1 Å². The van der Waals surface area contributed by atoms with Gasteiger partial charge in [-0.15, -0.1) is 11.3 Å². The zero-order valence-corrected chi connectivity index (χ0v) is 13.3. The standard InChI is InChI=1S/C15H21N3OS/c1-5-12-6-7-13(20-12)9-16-15(19)8-14-10(2)17-18(4)11(14)3/h6-7H,5,8-9H2,1-4H3,(H,16,19). The van der Waals surface area contributed by atoms with Gasteiger partial charge in [0, 0.05) is 28.1 Å². The third-order valence-electron chi connectivity index (χ3n) is 3.52. The minimum absolute atomic E-state index is 0.0515. The number of carbonyl (C=O) groups excluding carboxylic acids is 1. The van der Waals surface area contributed by atoms with Crippen molar-refractivity contribution in [1.82, 2.24) is 15.1 Å². The molecule has 0 fully saturated rings. The molecule has 20 heavy (non-hydrogen) atoms. The molecular formula is C15H21N3OS. The van der Waals surface area contributed by atoms with Crippen LogP contribution in [0.2, 0.25) is 0 Å². The summed E-state index contributed by atoms with van der Waals surface area (Å²) in [6, 6.07) is 4.21. The van der Waals surface area contributed by atoms with Gasteiger partial charge in [-0.05, 0) is 32.4 Å². The zero-order chi connectivity index (χ0) is 14.7. The minimum Gasteiger partial charge on any atom is -0.351 e. The van der Waals surface area contributed by atoms with Gasteiger partial charge in [0.15, 0.2) is 0 Å². The molecule has 0 aromatic carbocycles. The number of carbonyl (C=O) groups is 1. The van der Waals surface area contributed by atoms with E-state index in [1.807, 2.05) is 25.6 Å². The lowest BCUT2D eigenvalue weighted by molar-refractivity contribution is -0.120. The highest BCUT2D eigenvalue weighted by molar-refractivity contribution is 7.11. The molecule has 5 heteroatoms. The first-order valence-electron chi connectivity index (χ1n) is 6.84. The lowest BCUT2D eigenvalue weighted by Crippen LogP contribution is -2.24. The average molecular weight is 291 g/mol. The maximum absolute atomic E-state index is 12.0. The number of nitrogens with one attached hydrogen (secondary N) is 1. The summed E-state index contributed by atoms with van der Waals surface area (Å²) >= 11 is 1.76. The van der Waals surface area contributed by atoms with Crippen molar-refractivity contribution >= 4 is 17.2 Å². The third-order valence-corrected chi connectivity index (χ3v) is 4.75. The van der Waals surface area contributed by atoms with Gasteiger partial charge < -0.3 is 5.32 Å². The Bertz CT molecular complexity index is 613. The van der Waals surface area contributed by atoms with Crippen LogP contribution in [0.25, 0.3) is 0 Å². The number of hydrogen-bond donors (Lipinski definition) is 1. The van der Waals surface area contributed by atoms with Gasteiger partial charge in [-0.1, -0.05) is 6.92 Å². The van der Waals surface area contributed by atoms with E-state index in [0.717, 1.165) is 23.4 Å². The van der Waals surface area contributed by atoms with Gasteiger partial charge in [0.25, 0.3) is 0 Å². The Kier molecular flexibility index (Phi) is 4.60. The van der Waals surface area contributed by atoms with E-state index in [1.165, 1.54) is 9.75 Å². The fraction of sp³-hybridized carbons (Fsp3) is 0.467. The maximum atomic E-state index is 12.0. The Balaban J connectivity index is 1.92. The number of aryl methyl sites for hydroxylation is 3. The fourth-order valence-corrected chi connectivity index (χ4v) is 3.09. The van der Waals surface area contributed by atoms with Crippen molar-refractivity contribution in [2.45, 2.75) is 40.2 Å². The Morgan fingerprint density at radius 3 is 2.60 bits per heavy atom. The van der Waals surface area contributed by atoms with Crippen molar-refractivity contribution in [2.75, 3.05) is 0 Å². The Labute approximate surface area is 123 Å². The largest absolute Gasteiger partial charge is 0.351 e. The molecule has 1 amide bonds. The molecule has 108 valence electrons. The summed E-state index contributed by atoms with van der Waals surface area (Å²) in [5.41, 5.74) is 3.03. The summed E-state index contributed by atoms with van der Waals surface area (Å²) in [4.78, 5) is 14.6. The predicted molar refractivity (Wildman–Crippen MR) is 81.9 cm³/mol. The average Bonchev–Trinajstić information content (AvgIpc) is 2.97. The number of amides is 1. The Morgan fingerprint density at radius 2 is 2.05 bits per heavy atom. The highest BCUT2D eigenvalue weighted by atomic mass is 32.1. The summed E-state index contributed by atoms with van der Waals surface area (Å²) in [6.45, 7) is 6.70. The molecule has 2 aromatic rings. The summed E-state index contributed by atoms with van der Waals surface area (Å²) in [6.07, 6.45) is 1.45. The Morgan fingerprint density at radius 1 is 1.35 bits per heavy atom. The lowest BCUT2D eigenvalue weighted by atomic mass is 10.1. The summed E-state index contributed by atoms with van der Waals surface area (Å²) < 4.78 is 1.82. The van der Waals surface area contributed by atoms with Crippen LogP contribution in [0.4, 0.5) is 0 Å². The first-order valence-corrected chi connectivity index (χ1v) is 7.66. The number of rotatable bonds is 5. The second-order valence-electron chi connectivity index (χ2n) is 4.95. The molecular weight excluding hydrogens is 270 g/mol. The van der Waals surface area contributed by atoms with Crippen LogP contribution in [0.3, 0.4) is 0 Å². The van der Waals surface area contributed by atoms with Crippen LogP contribution in [0, 0.1) is 13.8 Å². The molecule has 0 aliphatic carbocycles. The van der Waals surface area contributed by atoms with Crippen LogP contribution in [-0.4, -0.2) is 15.7 Å². The molecule has 0 unspecified atom stereocenters. The van der Waals surface area contributed by atoms with E-state index in [9.17, 15) is 4.79 Å². The molecule has 0 atom stereocenters. The first-order chi connectivity index (χ1) is 9.51. The van der Waals surface area contributed by atoms with Crippen molar-refractivity contribution < 1.29 is 4.79 Å². The maximum Gasteiger partial charge on any atom is 0.224 e. The molecule has 2 aromatic heterocycles. The number of nitrogens with zero attached hydrogens (tertiary/aromatic N) is 2. The SMILES string of the molecule is CCc1ccc(CNC(=O)Cc2c(C)nn(C)c2C)s1.